The summed E-state index contributed by atoms with van der Waals surface area (Å²) in [6.07, 6.45) is 3.93. The van der Waals surface area contributed by atoms with Crippen LogP contribution in [0.3, 0.4) is 0 Å². The number of imidazole rings is 1. The smallest absolute Gasteiger partial charge is 0.147 e. The van der Waals surface area contributed by atoms with Gasteiger partial charge in [0.25, 0.3) is 0 Å². The molecule has 16 heavy (non-hydrogen) atoms. The zero-order chi connectivity index (χ0) is 11.7. The molecule has 0 amide bonds. The topological polar surface area (TPSA) is 17.8 Å². The van der Waals surface area contributed by atoms with E-state index in [1.165, 1.54) is 0 Å². The SMILES string of the molecule is CCc1ccc(-n2cnc(Cl)c2)c(C)c1F. The summed E-state index contributed by atoms with van der Waals surface area (Å²) in [6, 6.07) is 3.68. The standard InChI is InChI=1S/C12H12ClFN2/c1-3-9-4-5-10(8(2)12(9)14)16-6-11(13)15-7-16/h4-7H,3H2,1-2H3. The maximum absolute atomic E-state index is 13.9. The van der Waals surface area contributed by atoms with E-state index in [0.717, 1.165) is 11.3 Å². The van der Waals surface area contributed by atoms with Crippen LogP contribution >= 0.6 is 11.6 Å². The second-order valence-electron chi connectivity index (χ2n) is 3.64. The van der Waals surface area contributed by atoms with E-state index in [0.29, 0.717) is 17.1 Å². The van der Waals surface area contributed by atoms with E-state index in [1.54, 1.807) is 30.1 Å². The fourth-order valence-corrected chi connectivity index (χ4v) is 1.86. The van der Waals surface area contributed by atoms with Gasteiger partial charge in [-0.15, -0.1) is 0 Å². The molecule has 0 aliphatic rings. The Morgan fingerprint density at radius 3 is 2.75 bits per heavy atom. The minimum atomic E-state index is -0.148. The molecule has 0 saturated heterocycles. The molecule has 1 heterocycles. The van der Waals surface area contributed by atoms with Gasteiger partial charge in [-0.2, -0.15) is 0 Å². The molecule has 2 rings (SSSR count). The predicted octanol–water partition coefficient (Wildman–Crippen LogP) is 3.54. The number of rotatable bonds is 2. The second kappa shape index (κ2) is 4.26. The molecule has 0 aliphatic heterocycles. The van der Waals surface area contributed by atoms with Gasteiger partial charge >= 0.3 is 0 Å². The van der Waals surface area contributed by atoms with Crippen molar-refractivity contribution in [3.63, 3.8) is 0 Å². The van der Waals surface area contributed by atoms with Crippen molar-refractivity contribution < 1.29 is 4.39 Å². The molecular formula is C12H12ClFN2. The van der Waals surface area contributed by atoms with Crippen LogP contribution in [0.5, 0.6) is 0 Å². The average Bonchev–Trinajstić information content (AvgIpc) is 2.69. The molecule has 0 atom stereocenters. The second-order valence-corrected chi connectivity index (χ2v) is 4.03. The largest absolute Gasteiger partial charge is 0.304 e. The minimum absolute atomic E-state index is 0.148. The first-order valence-corrected chi connectivity index (χ1v) is 5.49. The zero-order valence-electron chi connectivity index (χ0n) is 9.17. The fourth-order valence-electron chi connectivity index (χ4n) is 1.71. The first-order chi connectivity index (χ1) is 7.63. The quantitative estimate of drug-likeness (QED) is 0.783. The van der Waals surface area contributed by atoms with Gasteiger partial charge in [0.05, 0.1) is 5.69 Å². The van der Waals surface area contributed by atoms with Crippen molar-refractivity contribution in [3.05, 3.63) is 46.8 Å². The van der Waals surface area contributed by atoms with Gasteiger partial charge in [-0.25, -0.2) is 9.37 Å². The third kappa shape index (κ3) is 1.83. The molecule has 0 fully saturated rings. The highest BCUT2D eigenvalue weighted by Gasteiger charge is 2.10. The number of aryl methyl sites for hydroxylation is 1. The van der Waals surface area contributed by atoms with E-state index in [2.05, 4.69) is 4.98 Å². The van der Waals surface area contributed by atoms with E-state index in [9.17, 15) is 4.39 Å². The maximum Gasteiger partial charge on any atom is 0.147 e. The summed E-state index contributed by atoms with van der Waals surface area (Å²) < 4.78 is 15.6. The maximum atomic E-state index is 13.9. The van der Waals surface area contributed by atoms with Crippen LogP contribution in [-0.4, -0.2) is 9.55 Å². The van der Waals surface area contributed by atoms with Crippen LogP contribution in [0.1, 0.15) is 18.1 Å². The summed E-state index contributed by atoms with van der Waals surface area (Å²) in [5.74, 6) is -0.148. The lowest BCUT2D eigenvalue weighted by Crippen LogP contribution is -1.99. The van der Waals surface area contributed by atoms with Crippen LogP contribution in [-0.2, 0) is 6.42 Å². The molecule has 0 N–H and O–H groups in total. The zero-order valence-corrected chi connectivity index (χ0v) is 9.92. The van der Waals surface area contributed by atoms with Gasteiger partial charge in [-0.1, -0.05) is 24.6 Å². The van der Waals surface area contributed by atoms with Crippen LogP contribution in [0.2, 0.25) is 5.15 Å². The third-order valence-corrected chi connectivity index (χ3v) is 2.84. The molecule has 1 aromatic heterocycles. The van der Waals surface area contributed by atoms with Crippen LogP contribution < -0.4 is 0 Å². The van der Waals surface area contributed by atoms with Crippen LogP contribution in [0.25, 0.3) is 5.69 Å². The minimum Gasteiger partial charge on any atom is -0.304 e. The van der Waals surface area contributed by atoms with Crippen molar-refractivity contribution in [1.82, 2.24) is 9.55 Å². The van der Waals surface area contributed by atoms with Gasteiger partial charge in [0.15, 0.2) is 0 Å². The van der Waals surface area contributed by atoms with Gasteiger partial charge in [0, 0.05) is 11.8 Å². The fraction of sp³-hybridized carbons (Fsp3) is 0.250. The molecule has 2 aromatic rings. The highest BCUT2D eigenvalue weighted by atomic mass is 35.5. The number of nitrogens with zero attached hydrogens (tertiary/aromatic N) is 2. The van der Waals surface area contributed by atoms with Gasteiger partial charge in [-0.3, -0.25) is 0 Å². The molecule has 0 unspecified atom stereocenters. The normalized spacial score (nSPS) is 10.8. The Labute approximate surface area is 98.7 Å². The Morgan fingerprint density at radius 2 is 2.19 bits per heavy atom. The molecule has 84 valence electrons. The summed E-state index contributed by atoms with van der Waals surface area (Å²) >= 11 is 5.74. The van der Waals surface area contributed by atoms with Crippen LogP contribution in [0.15, 0.2) is 24.7 Å². The van der Waals surface area contributed by atoms with Crippen LogP contribution in [0.4, 0.5) is 4.39 Å². The van der Waals surface area contributed by atoms with Crippen molar-refractivity contribution in [1.29, 1.82) is 0 Å². The van der Waals surface area contributed by atoms with Crippen molar-refractivity contribution in [2.24, 2.45) is 0 Å². The van der Waals surface area contributed by atoms with E-state index in [-0.39, 0.29) is 5.82 Å². The monoisotopic (exact) mass is 238 g/mol. The van der Waals surface area contributed by atoms with E-state index in [4.69, 9.17) is 11.6 Å². The molecule has 2 nitrogen and oxygen atoms in total. The van der Waals surface area contributed by atoms with Gasteiger partial charge in [0.1, 0.15) is 17.3 Å². The van der Waals surface area contributed by atoms with Crippen molar-refractivity contribution >= 4 is 11.6 Å². The Bertz CT molecular complexity index is 520. The lowest BCUT2D eigenvalue weighted by Gasteiger charge is -2.10. The summed E-state index contributed by atoms with van der Waals surface area (Å²) in [5, 5.41) is 0.402. The summed E-state index contributed by atoms with van der Waals surface area (Å²) in [4.78, 5) is 3.91. The number of hydrogen-bond acceptors (Lipinski definition) is 1. The highest BCUT2D eigenvalue weighted by Crippen LogP contribution is 2.21. The van der Waals surface area contributed by atoms with E-state index in [1.807, 2.05) is 13.0 Å². The number of hydrogen-bond donors (Lipinski definition) is 0. The Morgan fingerprint density at radius 1 is 1.44 bits per heavy atom. The first-order valence-electron chi connectivity index (χ1n) is 5.11. The molecule has 0 spiro atoms. The third-order valence-electron chi connectivity index (χ3n) is 2.65. The molecule has 4 heteroatoms. The average molecular weight is 239 g/mol. The van der Waals surface area contributed by atoms with Crippen molar-refractivity contribution in [3.8, 4) is 5.69 Å². The lowest BCUT2D eigenvalue weighted by atomic mass is 10.1. The molecule has 1 aromatic carbocycles. The molecular weight excluding hydrogens is 227 g/mol. The molecule has 0 radical (unpaired) electrons. The van der Waals surface area contributed by atoms with Crippen LogP contribution in [0, 0.1) is 12.7 Å². The highest BCUT2D eigenvalue weighted by molar-refractivity contribution is 6.29. The van der Waals surface area contributed by atoms with Gasteiger partial charge in [-0.05, 0) is 25.0 Å². The van der Waals surface area contributed by atoms with E-state index < -0.39 is 0 Å². The Kier molecular flexibility index (Phi) is 2.97. The summed E-state index contributed by atoms with van der Waals surface area (Å²) in [5.41, 5.74) is 2.12. The van der Waals surface area contributed by atoms with E-state index >= 15 is 0 Å². The predicted molar refractivity (Wildman–Crippen MR) is 62.6 cm³/mol. The van der Waals surface area contributed by atoms with Gasteiger partial charge in [0.2, 0.25) is 0 Å². The Balaban J connectivity index is 2.55. The number of aromatic nitrogens is 2. The first kappa shape index (κ1) is 11.1. The molecule has 0 bridgehead atoms. The summed E-state index contributed by atoms with van der Waals surface area (Å²) in [7, 11) is 0. The molecule has 0 saturated carbocycles. The van der Waals surface area contributed by atoms with Crippen molar-refractivity contribution in [2.75, 3.05) is 0 Å². The number of benzene rings is 1. The summed E-state index contributed by atoms with van der Waals surface area (Å²) in [6.45, 7) is 3.70. The lowest BCUT2D eigenvalue weighted by molar-refractivity contribution is 0.601. The van der Waals surface area contributed by atoms with Crippen molar-refractivity contribution in [2.45, 2.75) is 20.3 Å². The van der Waals surface area contributed by atoms with Gasteiger partial charge < -0.3 is 4.57 Å². The number of halogens is 2. The Hall–Kier alpha value is -1.35. The molecule has 0 aliphatic carbocycles.